The van der Waals surface area contributed by atoms with E-state index in [1.54, 1.807) is 12.1 Å². The fourth-order valence-corrected chi connectivity index (χ4v) is 7.80. The van der Waals surface area contributed by atoms with Crippen molar-refractivity contribution in [3.05, 3.63) is 41.2 Å². The number of hydrogen-bond donors (Lipinski definition) is 1. The van der Waals surface area contributed by atoms with E-state index in [0.717, 1.165) is 61.7 Å². The highest BCUT2D eigenvalue weighted by Crippen LogP contribution is 2.66. The zero-order valence-electron chi connectivity index (χ0n) is 21.7. The molecule has 1 aromatic carbocycles. The third-order valence-corrected chi connectivity index (χ3v) is 9.62. The van der Waals surface area contributed by atoms with Crippen LogP contribution in [0, 0.1) is 17.3 Å². The fourth-order valence-electron chi connectivity index (χ4n) is 7.47. The molecule has 1 heterocycles. The minimum absolute atomic E-state index is 0.0233. The van der Waals surface area contributed by atoms with Gasteiger partial charge in [-0.2, -0.15) is 8.42 Å². The van der Waals surface area contributed by atoms with E-state index in [4.69, 9.17) is 0 Å². The van der Waals surface area contributed by atoms with Crippen molar-refractivity contribution in [1.82, 2.24) is 15.0 Å². The number of halogens is 1. The number of nitrogens with zero attached hydrogens (tertiary/aromatic N) is 4. The minimum atomic E-state index is -5.04. The Morgan fingerprint density at radius 2 is 2.00 bits per heavy atom. The number of aliphatic hydroxyl groups is 1. The van der Waals surface area contributed by atoms with Crippen LogP contribution in [-0.2, 0) is 29.1 Å². The molecule has 198 valence electrons. The minimum Gasteiger partial charge on any atom is -0.383 e. The molecule has 10 heteroatoms. The summed E-state index contributed by atoms with van der Waals surface area (Å²) in [6, 6.07) is 5.12. The van der Waals surface area contributed by atoms with Crippen LogP contribution < -0.4 is 4.18 Å². The number of hydrogen-bond acceptors (Lipinski definition) is 6. The number of benzene rings is 1. The number of aromatic nitrogens is 3. The van der Waals surface area contributed by atoms with E-state index in [0.29, 0.717) is 29.9 Å². The van der Waals surface area contributed by atoms with Crippen LogP contribution >= 0.6 is 0 Å². The third kappa shape index (κ3) is 4.56. The second-order valence-corrected chi connectivity index (χ2v) is 13.3. The van der Waals surface area contributed by atoms with Crippen LogP contribution in [0.2, 0.25) is 0 Å². The predicted molar refractivity (Wildman–Crippen MR) is 133 cm³/mol. The van der Waals surface area contributed by atoms with Gasteiger partial charge in [0.15, 0.2) is 0 Å². The van der Waals surface area contributed by atoms with E-state index in [-0.39, 0.29) is 11.2 Å². The molecule has 0 spiro atoms. The van der Waals surface area contributed by atoms with Crippen LogP contribution in [0.25, 0.3) is 0 Å². The van der Waals surface area contributed by atoms with Gasteiger partial charge in [-0.15, -0.1) is 5.10 Å². The van der Waals surface area contributed by atoms with Crippen LogP contribution in [0.3, 0.4) is 0 Å². The SMILES string of the molecule is C[C@]12CC[C@@H]3c4ccc(OS(=O)(=O)F)cc4CC[C@H]3[C@@H]1CCC2(O)c1cn(CCC[N+](C)(C)C)nn1. The summed E-state index contributed by atoms with van der Waals surface area (Å²) in [7, 11) is 1.49. The summed E-state index contributed by atoms with van der Waals surface area (Å²) in [5, 5.41) is 20.9. The van der Waals surface area contributed by atoms with Crippen molar-refractivity contribution in [2.24, 2.45) is 17.3 Å². The van der Waals surface area contributed by atoms with Gasteiger partial charge in [-0.25, -0.2) is 0 Å². The number of rotatable bonds is 7. The van der Waals surface area contributed by atoms with Crippen LogP contribution in [0.4, 0.5) is 3.89 Å². The van der Waals surface area contributed by atoms with Crippen LogP contribution in [0.15, 0.2) is 24.4 Å². The monoisotopic (exact) mass is 521 g/mol. The molecule has 0 bridgehead atoms. The third-order valence-electron chi connectivity index (χ3n) is 9.22. The largest absolute Gasteiger partial charge is 0.488 e. The van der Waals surface area contributed by atoms with E-state index in [9.17, 15) is 17.4 Å². The first-order valence-corrected chi connectivity index (χ1v) is 14.3. The van der Waals surface area contributed by atoms with Gasteiger partial charge in [0, 0.05) is 18.4 Å². The molecule has 1 N–H and O–H groups in total. The van der Waals surface area contributed by atoms with Crippen LogP contribution in [-0.4, -0.2) is 60.7 Å². The number of quaternary nitrogens is 1. The zero-order valence-corrected chi connectivity index (χ0v) is 22.5. The lowest BCUT2D eigenvalue weighted by Crippen LogP contribution is -2.49. The Morgan fingerprint density at radius 3 is 2.72 bits per heavy atom. The maximum Gasteiger partial charge on any atom is 0.488 e. The number of fused-ring (bicyclic) bond motifs is 5. The fraction of sp³-hybridized carbons (Fsp3) is 0.692. The molecule has 2 fully saturated rings. The van der Waals surface area contributed by atoms with Gasteiger partial charge in [-0.3, -0.25) is 4.68 Å². The Labute approximate surface area is 213 Å². The van der Waals surface area contributed by atoms with E-state index in [1.807, 2.05) is 16.9 Å². The Hall–Kier alpha value is -2.04. The molecule has 0 saturated heterocycles. The summed E-state index contributed by atoms with van der Waals surface area (Å²) >= 11 is 0. The molecule has 0 radical (unpaired) electrons. The molecule has 3 aliphatic rings. The molecule has 2 aromatic rings. The normalized spacial score (nSPS) is 32.0. The maximum absolute atomic E-state index is 13.0. The Balaban J connectivity index is 1.34. The quantitative estimate of drug-likeness (QED) is 0.441. The van der Waals surface area contributed by atoms with Gasteiger partial charge >= 0.3 is 10.5 Å². The maximum atomic E-state index is 13.0. The molecule has 0 amide bonds. The second-order valence-electron chi connectivity index (χ2n) is 12.3. The van der Waals surface area contributed by atoms with Crippen molar-refractivity contribution in [3.63, 3.8) is 0 Å². The Bertz CT molecular complexity index is 1240. The van der Waals surface area contributed by atoms with E-state index in [2.05, 4.69) is 42.6 Å². The first-order chi connectivity index (χ1) is 16.8. The van der Waals surface area contributed by atoms with E-state index >= 15 is 0 Å². The van der Waals surface area contributed by atoms with Gasteiger partial charge in [-0.1, -0.05) is 22.1 Å². The van der Waals surface area contributed by atoms with E-state index in [1.165, 1.54) is 5.56 Å². The molecule has 1 unspecified atom stereocenters. The molecule has 5 atom stereocenters. The molecule has 0 aliphatic heterocycles. The highest BCUT2D eigenvalue weighted by molar-refractivity contribution is 7.81. The summed E-state index contributed by atoms with van der Waals surface area (Å²) in [4.78, 5) is 0. The summed E-state index contributed by atoms with van der Waals surface area (Å²) < 4.78 is 42.1. The summed E-state index contributed by atoms with van der Waals surface area (Å²) in [6.45, 7) is 4.06. The molecular weight excluding hydrogens is 483 g/mol. The topological polar surface area (TPSA) is 94.3 Å². The zero-order chi connectivity index (χ0) is 25.9. The van der Waals surface area contributed by atoms with Gasteiger partial charge in [0.2, 0.25) is 0 Å². The van der Waals surface area contributed by atoms with E-state index < -0.39 is 16.1 Å². The summed E-state index contributed by atoms with van der Waals surface area (Å²) in [5.74, 6) is 1.16. The summed E-state index contributed by atoms with van der Waals surface area (Å²) in [5.41, 5.74) is 1.66. The first kappa shape index (κ1) is 25.6. The molecular formula is C26H38FN4O4S+. The Kier molecular flexibility index (Phi) is 6.24. The van der Waals surface area contributed by atoms with Crippen molar-refractivity contribution < 1.29 is 26.1 Å². The summed E-state index contributed by atoms with van der Waals surface area (Å²) in [6.07, 6.45) is 8.13. The van der Waals surface area contributed by atoms with Crippen LogP contribution in [0.1, 0.15) is 68.2 Å². The molecule has 3 aliphatic carbocycles. The van der Waals surface area contributed by atoms with Crippen molar-refractivity contribution in [2.75, 3.05) is 27.7 Å². The molecule has 2 saturated carbocycles. The molecule has 8 nitrogen and oxygen atoms in total. The lowest BCUT2D eigenvalue weighted by Gasteiger charge is -2.52. The number of aryl methyl sites for hydroxylation is 2. The van der Waals surface area contributed by atoms with Crippen molar-refractivity contribution in [2.45, 2.75) is 69.9 Å². The van der Waals surface area contributed by atoms with Gasteiger partial charge < -0.3 is 13.8 Å². The molecule has 5 rings (SSSR count). The van der Waals surface area contributed by atoms with Crippen molar-refractivity contribution >= 4 is 10.5 Å². The predicted octanol–water partition coefficient (Wildman–Crippen LogP) is 3.71. The lowest BCUT2D eigenvalue weighted by atomic mass is 9.53. The lowest BCUT2D eigenvalue weighted by molar-refractivity contribution is -0.870. The van der Waals surface area contributed by atoms with Crippen molar-refractivity contribution in [1.29, 1.82) is 0 Å². The smallest absolute Gasteiger partial charge is 0.383 e. The Morgan fingerprint density at radius 1 is 1.22 bits per heavy atom. The highest BCUT2D eigenvalue weighted by Gasteiger charge is 2.63. The average molecular weight is 522 g/mol. The van der Waals surface area contributed by atoms with Gasteiger partial charge in [0.1, 0.15) is 17.0 Å². The van der Waals surface area contributed by atoms with Gasteiger partial charge in [0.05, 0.1) is 33.9 Å². The average Bonchev–Trinajstić information content (AvgIpc) is 3.35. The van der Waals surface area contributed by atoms with Gasteiger partial charge in [0.25, 0.3) is 0 Å². The first-order valence-electron chi connectivity index (χ1n) is 13.0. The molecule has 36 heavy (non-hydrogen) atoms. The standard InChI is InChI=1S/C26H38FN4O4S/c1-25-12-10-21-20-9-7-19(35-36(27,33)34)16-18(20)6-8-22(21)23(25)11-13-26(25,32)24-17-30(29-28-24)14-5-15-31(2,3)4/h7,9,16-17,21-23,32H,5-6,8,10-15H2,1-4H3/q+1/t21-,22-,23+,25+,26?/m1/s1. The highest BCUT2D eigenvalue weighted by atomic mass is 32.3. The molecule has 1 aromatic heterocycles. The second kappa shape index (κ2) is 8.77. The van der Waals surface area contributed by atoms with Crippen LogP contribution in [0.5, 0.6) is 5.75 Å². The van der Waals surface area contributed by atoms with Gasteiger partial charge in [-0.05, 0) is 79.5 Å². The van der Waals surface area contributed by atoms with Crippen molar-refractivity contribution in [3.8, 4) is 5.75 Å².